The number of esters is 1. The van der Waals surface area contributed by atoms with E-state index in [2.05, 4.69) is 4.98 Å². The lowest BCUT2D eigenvalue weighted by molar-refractivity contribution is -0.174. The van der Waals surface area contributed by atoms with Gasteiger partial charge >= 0.3 is 5.97 Å². The van der Waals surface area contributed by atoms with Gasteiger partial charge < -0.3 is 19.2 Å². The highest BCUT2D eigenvalue weighted by Gasteiger charge is 2.32. The van der Waals surface area contributed by atoms with Crippen LogP contribution in [0.2, 0.25) is 0 Å². The molecule has 0 amide bonds. The average molecular weight is 365 g/mol. The summed E-state index contributed by atoms with van der Waals surface area (Å²) < 4.78 is 16.3. The highest BCUT2D eigenvalue weighted by Crippen LogP contribution is 2.27. The molecule has 4 rings (SSSR count). The van der Waals surface area contributed by atoms with Crippen LogP contribution in [0.1, 0.15) is 22.0 Å². The van der Waals surface area contributed by atoms with Gasteiger partial charge in [0.1, 0.15) is 0 Å². The lowest BCUT2D eigenvalue weighted by Gasteiger charge is -2.24. The van der Waals surface area contributed by atoms with Gasteiger partial charge in [0.25, 0.3) is 0 Å². The van der Waals surface area contributed by atoms with Crippen LogP contribution in [0, 0.1) is 0 Å². The third-order valence-corrected chi connectivity index (χ3v) is 4.51. The zero-order valence-corrected chi connectivity index (χ0v) is 14.6. The summed E-state index contributed by atoms with van der Waals surface area (Å²) >= 11 is 0. The Kier molecular flexibility index (Phi) is 5.00. The molecule has 1 aliphatic heterocycles. The molecule has 1 N–H and O–H groups in total. The molecule has 1 saturated heterocycles. The first-order chi connectivity index (χ1) is 13.2. The predicted octanol–water partition coefficient (Wildman–Crippen LogP) is 3.05. The maximum Gasteiger partial charge on any atom is 0.338 e. The highest BCUT2D eigenvalue weighted by molar-refractivity contribution is 6.10. The van der Waals surface area contributed by atoms with Crippen LogP contribution < -0.4 is 0 Å². The SMILES string of the molecule is O=C(c1c[nH]c2ccccc12)[C@@H](OC(=O)[C@H]1COCCO1)c1ccccc1. The van der Waals surface area contributed by atoms with E-state index < -0.39 is 18.2 Å². The topological polar surface area (TPSA) is 77.6 Å². The van der Waals surface area contributed by atoms with Gasteiger partial charge in [-0.05, 0) is 6.07 Å². The van der Waals surface area contributed by atoms with E-state index in [0.29, 0.717) is 24.3 Å². The number of ether oxygens (including phenoxy) is 3. The fourth-order valence-corrected chi connectivity index (χ4v) is 3.13. The van der Waals surface area contributed by atoms with Gasteiger partial charge in [0, 0.05) is 28.2 Å². The molecule has 27 heavy (non-hydrogen) atoms. The van der Waals surface area contributed by atoms with Crippen molar-refractivity contribution in [3.63, 3.8) is 0 Å². The lowest BCUT2D eigenvalue weighted by Crippen LogP contribution is -2.38. The molecule has 1 aromatic heterocycles. The van der Waals surface area contributed by atoms with Gasteiger partial charge in [-0.15, -0.1) is 0 Å². The summed E-state index contributed by atoms with van der Waals surface area (Å²) in [6.45, 7) is 0.897. The number of aromatic amines is 1. The van der Waals surface area contributed by atoms with Crippen LogP contribution in [0.25, 0.3) is 10.9 Å². The largest absolute Gasteiger partial charge is 0.447 e. The number of benzene rings is 2. The molecule has 1 fully saturated rings. The number of aromatic nitrogens is 1. The van der Waals surface area contributed by atoms with Gasteiger partial charge in [-0.1, -0.05) is 48.5 Å². The molecule has 2 aromatic carbocycles. The van der Waals surface area contributed by atoms with Gasteiger partial charge in [-0.2, -0.15) is 0 Å². The molecule has 6 nitrogen and oxygen atoms in total. The summed E-state index contributed by atoms with van der Waals surface area (Å²) in [5, 5.41) is 0.789. The Bertz CT molecular complexity index is 943. The van der Waals surface area contributed by atoms with E-state index in [0.717, 1.165) is 10.9 Å². The molecule has 0 unspecified atom stereocenters. The van der Waals surface area contributed by atoms with Crippen molar-refractivity contribution in [2.45, 2.75) is 12.2 Å². The molecule has 2 atom stereocenters. The number of nitrogens with one attached hydrogen (secondary N) is 1. The minimum Gasteiger partial charge on any atom is -0.447 e. The lowest BCUT2D eigenvalue weighted by atomic mass is 9.99. The number of para-hydroxylation sites is 1. The Labute approximate surface area is 156 Å². The minimum atomic E-state index is -1.05. The average Bonchev–Trinajstić information content (AvgIpc) is 3.17. The number of fused-ring (bicyclic) bond motifs is 1. The second kappa shape index (κ2) is 7.73. The van der Waals surface area contributed by atoms with Crippen LogP contribution in [0.15, 0.2) is 60.8 Å². The van der Waals surface area contributed by atoms with Crippen molar-refractivity contribution in [2.75, 3.05) is 19.8 Å². The standard InChI is InChI=1S/C21H19NO5/c23-19(16-12-22-17-9-5-4-8-15(16)17)20(14-6-2-1-3-7-14)27-21(24)18-13-25-10-11-26-18/h1-9,12,18,20,22H,10-11,13H2/t18-,20+/m1/s1. The van der Waals surface area contributed by atoms with Crippen molar-refractivity contribution in [1.82, 2.24) is 4.98 Å². The van der Waals surface area contributed by atoms with E-state index in [-0.39, 0.29) is 12.4 Å². The fourth-order valence-electron chi connectivity index (χ4n) is 3.13. The third kappa shape index (κ3) is 3.63. The van der Waals surface area contributed by atoms with E-state index in [1.807, 2.05) is 30.3 Å². The number of carbonyl (C=O) groups excluding carboxylic acids is 2. The molecule has 138 valence electrons. The Morgan fingerprint density at radius 2 is 1.81 bits per heavy atom. The maximum absolute atomic E-state index is 13.3. The summed E-state index contributed by atoms with van der Waals surface area (Å²) in [6, 6.07) is 16.5. The number of hydrogen-bond donors (Lipinski definition) is 1. The molecule has 0 radical (unpaired) electrons. The van der Waals surface area contributed by atoms with E-state index in [9.17, 15) is 9.59 Å². The van der Waals surface area contributed by atoms with Crippen LogP contribution in [0.4, 0.5) is 0 Å². The quantitative estimate of drug-likeness (QED) is 0.555. The Morgan fingerprint density at radius 3 is 2.59 bits per heavy atom. The van der Waals surface area contributed by atoms with Crippen molar-refractivity contribution in [3.05, 3.63) is 71.9 Å². The third-order valence-electron chi connectivity index (χ3n) is 4.51. The monoisotopic (exact) mass is 365 g/mol. The van der Waals surface area contributed by atoms with Gasteiger partial charge in [0.15, 0.2) is 12.2 Å². The first-order valence-corrected chi connectivity index (χ1v) is 8.79. The summed E-state index contributed by atoms with van der Waals surface area (Å²) in [5.41, 5.74) is 1.94. The number of rotatable bonds is 5. The van der Waals surface area contributed by atoms with E-state index in [1.165, 1.54) is 0 Å². The molecule has 0 spiro atoms. The summed E-state index contributed by atoms with van der Waals surface area (Å²) in [4.78, 5) is 28.9. The number of Topliss-reactive ketones (excluding diaryl/α,β-unsaturated/α-hetero) is 1. The molecule has 1 aliphatic rings. The number of H-pyrrole nitrogens is 1. The van der Waals surface area contributed by atoms with E-state index in [1.54, 1.807) is 30.5 Å². The number of hydrogen-bond acceptors (Lipinski definition) is 5. The molecule has 0 bridgehead atoms. The van der Waals surface area contributed by atoms with Crippen molar-refractivity contribution in [3.8, 4) is 0 Å². The minimum absolute atomic E-state index is 0.127. The van der Waals surface area contributed by atoms with Gasteiger partial charge in [0.2, 0.25) is 5.78 Å². The van der Waals surface area contributed by atoms with Crippen molar-refractivity contribution >= 4 is 22.7 Å². The molecular formula is C21H19NO5. The second-order valence-corrected chi connectivity index (χ2v) is 6.27. The molecular weight excluding hydrogens is 346 g/mol. The first kappa shape index (κ1) is 17.5. The predicted molar refractivity (Wildman–Crippen MR) is 98.5 cm³/mol. The smallest absolute Gasteiger partial charge is 0.338 e. The fraction of sp³-hybridized carbons (Fsp3) is 0.238. The first-order valence-electron chi connectivity index (χ1n) is 8.79. The zero-order chi connectivity index (χ0) is 18.6. The molecule has 0 saturated carbocycles. The number of carbonyl (C=O) groups is 2. The summed E-state index contributed by atoms with van der Waals surface area (Å²) in [5.74, 6) is -0.888. The van der Waals surface area contributed by atoms with Crippen molar-refractivity contribution < 1.29 is 23.8 Å². The van der Waals surface area contributed by atoms with Crippen LogP contribution in [0.5, 0.6) is 0 Å². The highest BCUT2D eigenvalue weighted by atomic mass is 16.6. The van der Waals surface area contributed by atoms with E-state index in [4.69, 9.17) is 14.2 Å². The van der Waals surface area contributed by atoms with Gasteiger partial charge in [0.05, 0.1) is 19.8 Å². The Balaban J connectivity index is 1.65. The van der Waals surface area contributed by atoms with Gasteiger partial charge in [-0.3, -0.25) is 4.79 Å². The summed E-state index contributed by atoms with van der Waals surface area (Å²) in [6.07, 6.45) is -0.221. The molecule has 0 aliphatic carbocycles. The van der Waals surface area contributed by atoms with Crippen molar-refractivity contribution in [1.29, 1.82) is 0 Å². The van der Waals surface area contributed by atoms with E-state index >= 15 is 0 Å². The normalized spacial score (nSPS) is 18.1. The molecule has 3 aromatic rings. The van der Waals surface area contributed by atoms with Crippen LogP contribution in [0.3, 0.4) is 0 Å². The summed E-state index contributed by atoms with van der Waals surface area (Å²) in [7, 11) is 0. The zero-order valence-electron chi connectivity index (χ0n) is 14.6. The van der Waals surface area contributed by atoms with Crippen LogP contribution in [-0.2, 0) is 19.0 Å². The molecule has 6 heteroatoms. The maximum atomic E-state index is 13.3. The van der Waals surface area contributed by atoms with Crippen LogP contribution in [-0.4, -0.2) is 42.7 Å². The number of ketones is 1. The Hall–Kier alpha value is -2.96. The van der Waals surface area contributed by atoms with Crippen LogP contribution >= 0.6 is 0 Å². The van der Waals surface area contributed by atoms with Gasteiger partial charge in [-0.25, -0.2) is 4.79 Å². The Morgan fingerprint density at radius 1 is 1.04 bits per heavy atom. The second-order valence-electron chi connectivity index (χ2n) is 6.27. The molecule has 2 heterocycles. The van der Waals surface area contributed by atoms with Crippen molar-refractivity contribution in [2.24, 2.45) is 0 Å².